The molecule has 2 N–H and O–H groups in total. The van der Waals surface area contributed by atoms with Gasteiger partial charge in [-0.15, -0.1) is 0 Å². The summed E-state index contributed by atoms with van der Waals surface area (Å²) >= 11 is 0. The van der Waals surface area contributed by atoms with Gasteiger partial charge in [0.15, 0.2) is 0 Å². The summed E-state index contributed by atoms with van der Waals surface area (Å²) < 4.78 is 0. The number of carbonyl (C=O) groups is 1. The predicted octanol–water partition coefficient (Wildman–Crippen LogP) is 2.93. The Morgan fingerprint density at radius 2 is 1.84 bits per heavy atom. The number of hydrogen-bond donors (Lipinski definition) is 1. The molecule has 2 unspecified atom stereocenters. The summed E-state index contributed by atoms with van der Waals surface area (Å²) in [5.41, 5.74) is 5.93. The van der Waals surface area contributed by atoms with Crippen LogP contribution in [-0.2, 0) is 4.79 Å². The van der Waals surface area contributed by atoms with Gasteiger partial charge >= 0.3 is 0 Å². The molecule has 0 radical (unpaired) electrons. The van der Waals surface area contributed by atoms with E-state index in [0.29, 0.717) is 23.9 Å². The second-order valence-corrected chi connectivity index (χ2v) is 6.77. The number of piperidine rings is 1. The van der Waals surface area contributed by atoms with Crippen LogP contribution in [0.15, 0.2) is 0 Å². The molecule has 0 bridgehead atoms. The lowest BCUT2D eigenvalue weighted by Gasteiger charge is -2.38. The fourth-order valence-electron chi connectivity index (χ4n) is 3.64. The highest BCUT2D eigenvalue weighted by Gasteiger charge is 2.28. The first-order valence-corrected chi connectivity index (χ1v) is 8.13. The normalized spacial score (nSPS) is 36.3. The molecule has 1 heterocycles. The van der Waals surface area contributed by atoms with Crippen molar-refractivity contribution in [2.24, 2.45) is 17.6 Å². The lowest BCUT2D eigenvalue weighted by atomic mass is 9.83. The number of nitrogens with zero attached hydrogens (tertiary/aromatic N) is 1. The third-order valence-corrected chi connectivity index (χ3v) is 5.35. The highest BCUT2D eigenvalue weighted by molar-refractivity contribution is 5.76. The molecule has 3 heteroatoms. The quantitative estimate of drug-likeness (QED) is 0.853. The van der Waals surface area contributed by atoms with Crippen molar-refractivity contribution in [3.8, 4) is 0 Å². The lowest BCUT2D eigenvalue weighted by molar-refractivity contribution is -0.136. The predicted molar refractivity (Wildman–Crippen MR) is 78.7 cm³/mol. The van der Waals surface area contributed by atoms with Crippen LogP contribution in [0.5, 0.6) is 0 Å². The average Bonchev–Trinajstić information content (AvgIpc) is 2.41. The van der Waals surface area contributed by atoms with Gasteiger partial charge in [0.2, 0.25) is 5.91 Å². The van der Waals surface area contributed by atoms with Gasteiger partial charge in [0.05, 0.1) is 0 Å². The first-order chi connectivity index (χ1) is 9.08. The number of amides is 1. The second kappa shape index (κ2) is 6.74. The third kappa shape index (κ3) is 3.95. The van der Waals surface area contributed by atoms with Crippen molar-refractivity contribution < 1.29 is 4.79 Å². The van der Waals surface area contributed by atoms with Crippen molar-refractivity contribution in [2.75, 3.05) is 6.54 Å². The van der Waals surface area contributed by atoms with E-state index in [1.165, 1.54) is 25.7 Å². The Morgan fingerprint density at radius 3 is 2.53 bits per heavy atom. The molecule has 0 aromatic rings. The molecule has 19 heavy (non-hydrogen) atoms. The molecule has 2 aliphatic rings. The zero-order valence-electron chi connectivity index (χ0n) is 12.6. The van der Waals surface area contributed by atoms with Gasteiger partial charge in [-0.2, -0.15) is 0 Å². The van der Waals surface area contributed by atoms with Crippen LogP contribution in [0.2, 0.25) is 0 Å². The lowest BCUT2D eigenvalue weighted by Crippen LogP contribution is -2.46. The number of rotatable bonds is 3. The second-order valence-electron chi connectivity index (χ2n) is 6.77. The molecule has 3 nitrogen and oxygen atoms in total. The SMILES string of the molecule is CC1CCCN(C(=O)CCC2CCC(N)CC2)C1C. The van der Waals surface area contributed by atoms with E-state index in [1.54, 1.807) is 0 Å². The molecule has 110 valence electrons. The summed E-state index contributed by atoms with van der Waals surface area (Å²) in [6.45, 7) is 5.45. The molecule has 1 aliphatic carbocycles. The van der Waals surface area contributed by atoms with Gasteiger partial charge < -0.3 is 10.6 Å². The zero-order chi connectivity index (χ0) is 13.8. The molecule has 2 rings (SSSR count). The first kappa shape index (κ1) is 14.8. The summed E-state index contributed by atoms with van der Waals surface area (Å²) in [6, 6.07) is 0.843. The van der Waals surface area contributed by atoms with Gasteiger partial charge in [0.1, 0.15) is 0 Å². The van der Waals surface area contributed by atoms with E-state index < -0.39 is 0 Å². The van der Waals surface area contributed by atoms with Gasteiger partial charge in [-0.25, -0.2) is 0 Å². The third-order valence-electron chi connectivity index (χ3n) is 5.35. The van der Waals surface area contributed by atoms with Crippen LogP contribution in [0.1, 0.15) is 65.2 Å². The molecule has 1 saturated carbocycles. The minimum atomic E-state index is 0.383. The molecular weight excluding hydrogens is 236 g/mol. The molecule has 2 atom stereocenters. The van der Waals surface area contributed by atoms with Gasteiger partial charge in [0, 0.05) is 25.0 Å². The largest absolute Gasteiger partial charge is 0.340 e. The Hall–Kier alpha value is -0.570. The number of hydrogen-bond acceptors (Lipinski definition) is 2. The van der Waals surface area contributed by atoms with Crippen molar-refractivity contribution in [1.82, 2.24) is 4.90 Å². The molecule has 1 aliphatic heterocycles. The van der Waals surface area contributed by atoms with Crippen molar-refractivity contribution in [3.05, 3.63) is 0 Å². The molecule has 0 aromatic heterocycles. The molecular formula is C16H30N2O. The van der Waals surface area contributed by atoms with E-state index in [1.807, 2.05) is 0 Å². The van der Waals surface area contributed by atoms with Gasteiger partial charge in [-0.1, -0.05) is 6.92 Å². The van der Waals surface area contributed by atoms with E-state index in [4.69, 9.17) is 5.73 Å². The molecule has 0 aromatic carbocycles. The van der Waals surface area contributed by atoms with E-state index in [0.717, 1.165) is 38.1 Å². The van der Waals surface area contributed by atoms with Crippen LogP contribution in [0.25, 0.3) is 0 Å². The smallest absolute Gasteiger partial charge is 0.222 e. The molecule has 2 fully saturated rings. The highest BCUT2D eigenvalue weighted by atomic mass is 16.2. The van der Waals surface area contributed by atoms with Crippen LogP contribution in [0.4, 0.5) is 0 Å². The standard InChI is InChI=1S/C16H30N2O/c1-12-4-3-11-18(13(12)2)16(19)10-7-14-5-8-15(17)9-6-14/h12-15H,3-11,17H2,1-2H3. The maximum absolute atomic E-state index is 12.4. The molecule has 1 saturated heterocycles. The summed E-state index contributed by atoms with van der Waals surface area (Å²) in [6.07, 6.45) is 9.01. The average molecular weight is 266 g/mol. The Kier molecular flexibility index (Phi) is 5.26. The minimum absolute atomic E-state index is 0.383. The molecule has 1 amide bonds. The summed E-state index contributed by atoms with van der Waals surface area (Å²) in [5, 5.41) is 0. The van der Waals surface area contributed by atoms with Crippen LogP contribution in [0.3, 0.4) is 0 Å². The summed E-state index contributed by atoms with van der Waals surface area (Å²) in [4.78, 5) is 14.5. The maximum Gasteiger partial charge on any atom is 0.222 e. The van der Waals surface area contributed by atoms with E-state index >= 15 is 0 Å². The van der Waals surface area contributed by atoms with Gasteiger partial charge in [-0.05, 0) is 63.7 Å². The van der Waals surface area contributed by atoms with Crippen LogP contribution < -0.4 is 5.73 Å². The van der Waals surface area contributed by atoms with Crippen molar-refractivity contribution >= 4 is 5.91 Å². The Labute approximate surface area is 117 Å². The number of likely N-dealkylation sites (tertiary alicyclic amines) is 1. The fourth-order valence-corrected chi connectivity index (χ4v) is 3.64. The summed E-state index contributed by atoms with van der Waals surface area (Å²) in [7, 11) is 0. The van der Waals surface area contributed by atoms with Crippen LogP contribution >= 0.6 is 0 Å². The Balaban J connectivity index is 1.74. The molecule has 0 spiro atoms. The summed E-state index contributed by atoms with van der Waals surface area (Å²) in [5.74, 6) is 1.78. The number of carbonyl (C=O) groups excluding carboxylic acids is 1. The van der Waals surface area contributed by atoms with Crippen molar-refractivity contribution in [3.63, 3.8) is 0 Å². The van der Waals surface area contributed by atoms with Crippen LogP contribution in [-0.4, -0.2) is 29.4 Å². The first-order valence-electron chi connectivity index (χ1n) is 8.13. The van der Waals surface area contributed by atoms with Crippen molar-refractivity contribution in [1.29, 1.82) is 0 Å². The van der Waals surface area contributed by atoms with E-state index in [-0.39, 0.29) is 0 Å². The van der Waals surface area contributed by atoms with E-state index in [9.17, 15) is 4.79 Å². The van der Waals surface area contributed by atoms with Gasteiger partial charge in [-0.3, -0.25) is 4.79 Å². The van der Waals surface area contributed by atoms with Crippen LogP contribution in [0, 0.1) is 11.8 Å². The van der Waals surface area contributed by atoms with Crippen molar-refractivity contribution in [2.45, 2.75) is 77.3 Å². The fraction of sp³-hybridized carbons (Fsp3) is 0.938. The van der Waals surface area contributed by atoms with Gasteiger partial charge in [0.25, 0.3) is 0 Å². The van der Waals surface area contributed by atoms with E-state index in [2.05, 4.69) is 18.7 Å². The number of nitrogens with two attached hydrogens (primary N) is 1. The Morgan fingerprint density at radius 1 is 1.16 bits per heavy atom. The Bertz CT molecular complexity index is 297. The highest BCUT2D eigenvalue weighted by Crippen LogP contribution is 2.28. The zero-order valence-corrected chi connectivity index (χ0v) is 12.6. The minimum Gasteiger partial charge on any atom is -0.340 e. The maximum atomic E-state index is 12.4. The topological polar surface area (TPSA) is 46.3 Å². The monoisotopic (exact) mass is 266 g/mol.